The summed E-state index contributed by atoms with van der Waals surface area (Å²) in [6.45, 7) is 7.49. The fraction of sp³-hybridized carbons (Fsp3) is 0.444. The van der Waals surface area contributed by atoms with Crippen LogP contribution in [0.2, 0.25) is 0 Å². The Kier molecular flexibility index (Phi) is 4.55. The Morgan fingerprint density at radius 2 is 2.30 bits per heavy atom. The highest BCUT2D eigenvalue weighted by Gasteiger charge is 1.93. The minimum atomic E-state index is 0.433. The molecular formula is C9H14O. The van der Waals surface area contributed by atoms with E-state index in [1.807, 2.05) is 19.1 Å². The first-order valence-electron chi connectivity index (χ1n) is 3.45. The van der Waals surface area contributed by atoms with Crippen molar-refractivity contribution in [2.75, 3.05) is 0 Å². The third kappa shape index (κ3) is 4.07. The zero-order valence-electron chi connectivity index (χ0n) is 6.63. The number of hydrogen-bond acceptors (Lipinski definition) is 1. The second-order valence-electron chi connectivity index (χ2n) is 2.53. The third-order valence-corrected chi connectivity index (χ3v) is 1.27. The van der Waals surface area contributed by atoms with Gasteiger partial charge in [-0.1, -0.05) is 19.1 Å². The monoisotopic (exact) mass is 138 g/mol. The highest BCUT2D eigenvalue weighted by Crippen LogP contribution is 2.05. The molecule has 0 spiro atoms. The van der Waals surface area contributed by atoms with Gasteiger partial charge in [-0.3, -0.25) is 4.79 Å². The van der Waals surface area contributed by atoms with Crippen LogP contribution in [0.1, 0.15) is 20.3 Å². The predicted octanol–water partition coefficient (Wildman–Crippen LogP) is 2.34. The Balaban J connectivity index is 3.84. The molecule has 0 aliphatic carbocycles. The summed E-state index contributed by atoms with van der Waals surface area (Å²) in [5.74, 6) is 0.433. The molecule has 0 amide bonds. The summed E-state index contributed by atoms with van der Waals surface area (Å²) in [6, 6.07) is 0. The molecule has 0 aromatic rings. The van der Waals surface area contributed by atoms with Gasteiger partial charge in [-0.15, -0.1) is 6.58 Å². The van der Waals surface area contributed by atoms with Gasteiger partial charge < -0.3 is 0 Å². The van der Waals surface area contributed by atoms with Gasteiger partial charge >= 0.3 is 0 Å². The van der Waals surface area contributed by atoms with Crippen LogP contribution >= 0.6 is 0 Å². The molecule has 1 atom stereocenters. The molecule has 0 saturated carbocycles. The summed E-state index contributed by atoms with van der Waals surface area (Å²) in [6.07, 6.45) is 5.62. The van der Waals surface area contributed by atoms with Crippen molar-refractivity contribution >= 4 is 6.29 Å². The molecular weight excluding hydrogens is 124 g/mol. The molecule has 0 aromatic heterocycles. The number of rotatable bonds is 4. The molecule has 0 aromatic carbocycles. The van der Waals surface area contributed by atoms with E-state index in [-0.39, 0.29) is 0 Å². The molecule has 0 bridgehead atoms. The lowest BCUT2D eigenvalue weighted by atomic mass is 10.1. The van der Waals surface area contributed by atoms with E-state index in [2.05, 4.69) is 13.5 Å². The van der Waals surface area contributed by atoms with Gasteiger partial charge in [0.2, 0.25) is 0 Å². The number of carbonyl (C=O) groups excluding carboxylic acids is 1. The zero-order valence-corrected chi connectivity index (χ0v) is 6.63. The summed E-state index contributed by atoms with van der Waals surface area (Å²) in [5.41, 5.74) is 0.800. The molecule has 0 saturated heterocycles. The molecule has 0 radical (unpaired) electrons. The van der Waals surface area contributed by atoms with Crippen LogP contribution in [0, 0.1) is 5.92 Å². The highest BCUT2D eigenvalue weighted by atomic mass is 16.1. The van der Waals surface area contributed by atoms with Gasteiger partial charge in [0.25, 0.3) is 0 Å². The predicted molar refractivity (Wildman–Crippen MR) is 43.8 cm³/mol. The topological polar surface area (TPSA) is 17.1 Å². The van der Waals surface area contributed by atoms with E-state index in [4.69, 9.17) is 0 Å². The number of hydrogen-bond donors (Lipinski definition) is 0. The molecule has 0 rings (SSSR count). The molecule has 0 N–H and O–H groups in total. The highest BCUT2D eigenvalue weighted by molar-refractivity contribution is 5.72. The summed E-state index contributed by atoms with van der Waals surface area (Å²) in [4.78, 5) is 10.2. The molecule has 0 aliphatic heterocycles. The van der Waals surface area contributed by atoms with Crippen LogP contribution in [0.15, 0.2) is 24.3 Å². The Bertz CT molecular complexity index is 145. The molecule has 0 aliphatic rings. The van der Waals surface area contributed by atoms with Crippen molar-refractivity contribution in [1.29, 1.82) is 0 Å². The van der Waals surface area contributed by atoms with Gasteiger partial charge in [0.15, 0.2) is 0 Å². The van der Waals surface area contributed by atoms with Crippen LogP contribution < -0.4 is 0 Å². The first-order chi connectivity index (χ1) is 4.70. The van der Waals surface area contributed by atoms with Gasteiger partial charge in [0, 0.05) is 0 Å². The maximum Gasteiger partial charge on any atom is 0.145 e. The van der Waals surface area contributed by atoms with Crippen LogP contribution in [0.25, 0.3) is 0 Å². The van der Waals surface area contributed by atoms with Crippen LogP contribution in [0.5, 0.6) is 0 Å². The van der Waals surface area contributed by atoms with Gasteiger partial charge in [0.05, 0.1) is 0 Å². The van der Waals surface area contributed by atoms with E-state index in [1.54, 1.807) is 0 Å². The van der Waals surface area contributed by atoms with E-state index in [9.17, 15) is 4.79 Å². The minimum Gasteiger partial charge on any atom is -0.298 e. The summed E-state index contributed by atoms with van der Waals surface area (Å²) in [5, 5.41) is 0. The van der Waals surface area contributed by atoms with Crippen LogP contribution in [0.3, 0.4) is 0 Å². The largest absolute Gasteiger partial charge is 0.298 e. The lowest BCUT2D eigenvalue weighted by molar-refractivity contribution is -0.104. The Morgan fingerprint density at radius 1 is 1.70 bits per heavy atom. The number of carbonyl (C=O) groups is 1. The third-order valence-electron chi connectivity index (χ3n) is 1.27. The van der Waals surface area contributed by atoms with Gasteiger partial charge in [-0.25, -0.2) is 0 Å². The van der Waals surface area contributed by atoms with E-state index >= 15 is 0 Å². The smallest absolute Gasteiger partial charge is 0.145 e. The lowest BCUT2D eigenvalue weighted by Gasteiger charge is -2.00. The maximum absolute atomic E-state index is 10.2. The normalized spacial score (nSPS) is 14.4. The molecule has 0 heterocycles. The number of aldehydes is 1. The Labute approximate surface area is 62.4 Å². The molecule has 56 valence electrons. The molecule has 1 nitrogen and oxygen atoms in total. The van der Waals surface area contributed by atoms with Gasteiger partial charge in [-0.05, 0) is 24.8 Å². The van der Waals surface area contributed by atoms with Gasteiger partial charge in [0.1, 0.15) is 6.29 Å². The van der Waals surface area contributed by atoms with Crippen molar-refractivity contribution in [3.05, 3.63) is 24.3 Å². The van der Waals surface area contributed by atoms with Crippen molar-refractivity contribution in [2.45, 2.75) is 20.3 Å². The Hall–Kier alpha value is -0.850. The standard InChI is InChI=1S/C9H14O/c1-4-5-8(2)6-9(3)7-10/h4,6-8H,1,5H2,2-3H3/b9-6+/t8-/m0/s1. The van der Waals surface area contributed by atoms with Crippen LogP contribution in [-0.2, 0) is 4.79 Å². The summed E-state index contributed by atoms with van der Waals surface area (Å²) >= 11 is 0. The fourth-order valence-electron chi connectivity index (χ4n) is 0.819. The fourth-order valence-corrected chi connectivity index (χ4v) is 0.819. The molecule has 0 fully saturated rings. The van der Waals surface area contributed by atoms with Crippen molar-refractivity contribution in [1.82, 2.24) is 0 Å². The number of allylic oxidation sites excluding steroid dienone is 3. The second-order valence-corrected chi connectivity index (χ2v) is 2.53. The van der Waals surface area contributed by atoms with Crippen molar-refractivity contribution < 1.29 is 4.79 Å². The zero-order chi connectivity index (χ0) is 7.98. The van der Waals surface area contributed by atoms with Crippen LogP contribution in [0.4, 0.5) is 0 Å². The van der Waals surface area contributed by atoms with Crippen LogP contribution in [-0.4, -0.2) is 6.29 Å². The van der Waals surface area contributed by atoms with E-state index < -0.39 is 0 Å². The molecule has 10 heavy (non-hydrogen) atoms. The SMILES string of the molecule is C=CC[C@H](C)/C=C(\C)C=O. The lowest BCUT2D eigenvalue weighted by Crippen LogP contribution is -1.88. The summed E-state index contributed by atoms with van der Waals surface area (Å²) < 4.78 is 0. The van der Waals surface area contributed by atoms with Crippen molar-refractivity contribution in [3.63, 3.8) is 0 Å². The van der Waals surface area contributed by atoms with Crippen molar-refractivity contribution in [3.8, 4) is 0 Å². The minimum absolute atomic E-state index is 0.433. The van der Waals surface area contributed by atoms with Crippen molar-refractivity contribution in [2.24, 2.45) is 5.92 Å². The maximum atomic E-state index is 10.2. The first kappa shape index (κ1) is 9.15. The average Bonchev–Trinajstić information content (AvgIpc) is 1.88. The first-order valence-corrected chi connectivity index (χ1v) is 3.45. The van der Waals surface area contributed by atoms with E-state index in [0.717, 1.165) is 18.3 Å². The quantitative estimate of drug-likeness (QED) is 0.331. The average molecular weight is 138 g/mol. The van der Waals surface area contributed by atoms with E-state index in [1.165, 1.54) is 0 Å². The van der Waals surface area contributed by atoms with E-state index in [0.29, 0.717) is 5.92 Å². The Morgan fingerprint density at radius 3 is 2.70 bits per heavy atom. The molecule has 0 unspecified atom stereocenters. The molecule has 1 heteroatoms. The summed E-state index contributed by atoms with van der Waals surface area (Å²) in [7, 11) is 0. The second kappa shape index (κ2) is 4.98. The van der Waals surface area contributed by atoms with Gasteiger partial charge in [-0.2, -0.15) is 0 Å².